The number of nitrogens with zero attached hydrogens (tertiary/aromatic N) is 1. The number of likely N-dealkylation sites (tertiary alicyclic amines) is 1. The molecule has 0 aromatic carbocycles. The maximum Gasteiger partial charge on any atom is 0.302 e. The van der Waals surface area contributed by atoms with Crippen LogP contribution in [0, 0.1) is 35.0 Å². The Bertz CT molecular complexity index is 730. The third-order valence-corrected chi connectivity index (χ3v) is 11.0. The van der Waals surface area contributed by atoms with Crippen LogP contribution in [0.15, 0.2) is 0 Å². The Balaban J connectivity index is 1.33. The van der Waals surface area contributed by atoms with E-state index >= 15 is 0 Å². The normalized spacial score (nSPS) is 44.7. The summed E-state index contributed by atoms with van der Waals surface area (Å²) >= 11 is 0. The van der Waals surface area contributed by atoms with Crippen LogP contribution in [0.5, 0.6) is 0 Å². The van der Waals surface area contributed by atoms with E-state index in [1.54, 1.807) is 6.92 Å². The summed E-state index contributed by atoms with van der Waals surface area (Å²) in [6, 6.07) is 0. The van der Waals surface area contributed by atoms with Gasteiger partial charge in [0.2, 0.25) is 5.91 Å². The van der Waals surface area contributed by atoms with Gasteiger partial charge in [0, 0.05) is 24.9 Å². The van der Waals surface area contributed by atoms with Crippen LogP contribution in [0.2, 0.25) is 0 Å². The van der Waals surface area contributed by atoms with Crippen LogP contribution < -0.4 is 0 Å². The van der Waals surface area contributed by atoms with E-state index in [0.717, 1.165) is 44.1 Å². The Morgan fingerprint density at radius 1 is 0.844 bits per heavy atom. The molecule has 180 valence electrons. The number of carbonyl (C=O) groups excluding carboxylic acids is 2. The largest absolute Gasteiger partial charge is 0.463 e. The lowest BCUT2D eigenvalue weighted by Crippen LogP contribution is -2.65. The van der Waals surface area contributed by atoms with Gasteiger partial charge in [-0.1, -0.05) is 26.2 Å². The highest BCUT2D eigenvalue weighted by molar-refractivity contribution is 5.80. The minimum atomic E-state index is -0.120. The van der Waals surface area contributed by atoms with Crippen molar-refractivity contribution in [2.24, 2.45) is 35.0 Å². The van der Waals surface area contributed by atoms with Crippen molar-refractivity contribution < 1.29 is 14.3 Å². The molecule has 0 aromatic rings. The van der Waals surface area contributed by atoms with Gasteiger partial charge in [0.15, 0.2) is 0 Å². The minimum absolute atomic E-state index is 0.0755. The summed E-state index contributed by atoms with van der Waals surface area (Å²) in [4.78, 5) is 27.6. The third kappa shape index (κ3) is 3.72. The number of hydrogen-bond donors (Lipinski definition) is 0. The van der Waals surface area contributed by atoms with Crippen molar-refractivity contribution in [1.29, 1.82) is 0 Å². The van der Waals surface area contributed by atoms with Gasteiger partial charge >= 0.3 is 5.97 Å². The van der Waals surface area contributed by atoms with Crippen LogP contribution in [-0.2, 0) is 14.3 Å². The van der Waals surface area contributed by atoms with Crippen LogP contribution in [-0.4, -0.2) is 35.0 Å². The lowest BCUT2D eigenvalue weighted by Gasteiger charge is -2.64. The number of carbonyl (C=O) groups is 2. The van der Waals surface area contributed by atoms with Gasteiger partial charge in [0.1, 0.15) is 6.10 Å². The molecule has 0 radical (unpaired) electrons. The lowest BCUT2D eigenvalue weighted by molar-refractivity contribution is -0.175. The Labute approximate surface area is 195 Å². The first-order valence-electron chi connectivity index (χ1n) is 13.8. The number of hydrogen-bond acceptors (Lipinski definition) is 3. The van der Waals surface area contributed by atoms with Crippen molar-refractivity contribution >= 4 is 11.9 Å². The molecule has 4 aliphatic carbocycles. The van der Waals surface area contributed by atoms with Crippen molar-refractivity contribution in [2.45, 2.75) is 122 Å². The number of esters is 1. The quantitative estimate of drug-likeness (QED) is 0.483. The first-order valence-corrected chi connectivity index (χ1v) is 13.8. The summed E-state index contributed by atoms with van der Waals surface area (Å²) in [5.41, 5.74) is 0.461. The predicted molar refractivity (Wildman–Crippen MR) is 126 cm³/mol. The summed E-state index contributed by atoms with van der Waals surface area (Å²) in [5, 5.41) is 0. The van der Waals surface area contributed by atoms with Crippen LogP contribution in [0.4, 0.5) is 0 Å². The van der Waals surface area contributed by atoms with Crippen LogP contribution >= 0.6 is 0 Å². The topological polar surface area (TPSA) is 46.6 Å². The van der Waals surface area contributed by atoms with Gasteiger partial charge in [0.25, 0.3) is 0 Å². The van der Waals surface area contributed by atoms with E-state index in [1.165, 1.54) is 64.2 Å². The Morgan fingerprint density at radius 2 is 1.62 bits per heavy atom. The molecule has 1 heterocycles. The number of ether oxygens (including phenoxy) is 1. The smallest absolute Gasteiger partial charge is 0.302 e. The van der Waals surface area contributed by atoms with Gasteiger partial charge in [-0.15, -0.1) is 0 Å². The highest BCUT2D eigenvalue weighted by Gasteiger charge is 2.59. The lowest BCUT2D eigenvalue weighted by atomic mass is 9.45. The van der Waals surface area contributed by atoms with Crippen LogP contribution in [0.25, 0.3) is 0 Å². The van der Waals surface area contributed by atoms with Gasteiger partial charge in [-0.25, -0.2) is 0 Å². The van der Waals surface area contributed by atoms with Gasteiger partial charge in [-0.3, -0.25) is 9.59 Å². The third-order valence-electron chi connectivity index (χ3n) is 11.0. The molecule has 7 atom stereocenters. The van der Waals surface area contributed by atoms with Crippen molar-refractivity contribution in [3.8, 4) is 0 Å². The molecule has 5 fully saturated rings. The van der Waals surface area contributed by atoms with E-state index in [2.05, 4.69) is 18.7 Å². The van der Waals surface area contributed by atoms with Gasteiger partial charge in [0.05, 0.1) is 0 Å². The van der Waals surface area contributed by atoms with Crippen molar-refractivity contribution in [1.82, 2.24) is 4.90 Å². The molecule has 5 rings (SSSR count). The molecule has 4 saturated carbocycles. The molecule has 0 bridgehead atoms. The zero-order valence-corrected chi connectivity index (χ0v) is 20.7. The zero-order valence-electron chi connectivity index (χ0n) is 20.7. The van der Waals surface area contributed by atoms with E-state index in [1.807, 2.05) is 0 Å². The summed E-state index contributed by atoms with van der Waals surface area (Å²) < 4.78 is 5.64. The first-order chi connectivity index (χ1) is 15.3. The molecular weight excluding hydrogens is 398 g/mol. The maximum absolute atomic E-state index is 13.7. The zero-order chi connectivity index (χ0) is 22.5. The first kappa shape index (κ1) is 22.7. The average Bonchev–Trinajstić information content (AvgIpc) is 2.78. The Hall–Kier alpha value is -1.06. The number of amides is 1. The molecular formula is C28H45NO3. The Kier molecular flexibility index (Phi) is 6.12. The van der Waals surface area contributed by atoms with E-state index < -0.39 is 0 Å². The number of fused-ring (bicyclic) bond motifs is 5. The molecule has 0 aromatic heterocycles. The summed E-state index contributed by atoms with van der Waals surface area (Å²) in [6.45, 7) is 7.56. The molecule has 1 amide bonds. The van der Waals surface area contributed by atoms with Crippen molar-refractivity contribution in [2.75, 3.05) is 6.54 Å². The Morgan fingerprint density at radius 3 is 2.38 bits per heavy atom. The van der Waals surface area contributed by atoms with Crippen molar-refractivity contribution in [3.63, 3.8) is 0 Å². The highest BCUT2D eigenvalue weighted by atomic mass is 16.5. The fraction of sp³-hybridized carbons (Fsp3) is 0.929. The molecule has 5 aliphatic rings. The van der Waals surface area contributed by atoms with E-state index in [-0.39, 0.29) is 17.6 Å². The second-order valence-electron chi connectivity index (χ2n) is 12.5. The molecule has 0 spiro atoms. The predicted octanol–water partition coefficient (Wildman–Crippen LogP) is 6.12. The van der Waals surface area contributed by atoms with Crippen LogP contribution in [0.3, 0.4) is 0 Å². The molecule has 0 N–H and O–H groups in total. The average molecular weight is 444 g/mol. The van der Waals surface area contributed by atoms with E-state index in [9.17, 15) is 9.59 Å². The summed E-state index contributed by atoms with van der Waals surface area (Å²) in [7, 11) is 0. The van der Waals surface area contributed by atoms with Gasteiger partial charge < -0.3 is 9.64 Å². The standard InChI is InChI=1S/C28H45NO3/c1-19(30)32-22-13-15-27(2)21(18-22)11-12-23-24(27)14-16-28(3)25(23)10-7-17-29(28)26(31)20-8-5-4-6-9-20/h20-25H,4-18H2,1-3H3/t21?,22-,23-,24+,25+,27?,28?/m1/s1. The fourth-order valence-electron chi connectivity index (χ4n) is 9.38. The number of piperidine rings is 1. The SMILES string of the molecule is CC(=O)O[C@@H]1CCC2(C)C(CC[C@@H]3[C@@H]2CCC2(C)[C@H]3CCCN2C(=O)C2CCCCC2)C1. The molecule has 1 saturated heterocycles. The maximum atomic E-state index is 13.7. The van der Waals surface area contributed by atoms with Crippen LogP contribution in [0.1, 0.15) is 111 Å². The fourth-order valence-corrected chi connectivity index (χ4v) is 9.38. The van der Waals surface area contributed by atoms with Crippen molar-refractivity contribution in [3.05, 3.63) is 0 Å². The monoisotopic (exact) mass is 443 g/mol. The molecule has 4 heteroatoms. The second-order valence-corrected chi connectivity index (χ2v) is 12.5. The van der Waals surface area contributed by atoms with Gasteiger partial charge in [-0.2, -0.15) is 0 Å². The summed E-state index contributed by atoms with van der Waals surface area (Å²) in [6.07, 6.45) is 17.0. The van der Waals surface area contributed by atoms with E-state index in [0.29, 0.717) is 29.1 Å². The second kappa shape index (κ2) is 8.62. The summed E-state index contributed by atoms with van der Waals surface area (Å²) in [5.74, 6) is 3.58. The van der Waals surface area contributed by atoms with Gasteiger partial charge in [-0.05, 0) is 107 Å². The molecule has 1 aliphatic heterocycles. The molecule has 4 nitrogen and oxygen atoms in total. The van der Waals surface area contributed by atoms with E-state index in [4.69, 9.17) is 4.74 Å². The molecule has 3 unspecified atom stereocenters. The number of rotatable bonds is 2. The minimum Gasteiger partial charge on any atom is -0.463 e. The highest BCUT2D eigenvalue weighted by Crippen LogP contribution is 2.63. The molecule has 32 heavy (non-hydrogen) atoms.